The Labute approximate surface area is 211 Å². The lowest BCUT2D eigenvalue weighted by molar-refractivity contribution is -0.151. The summed E-state index contributed by atoms with van der Waals surface area (Å²) in [6, 6.07) is -0.685. The van der Waals surface area contributed by atoms with Gasteiger partial charge in [0.2, 0.25) is 11.8 Å². The van der Waals surface area contributed by atoms with E-state index in [1.165, 1.54) is 19.3 Å². The summed E-state index contributed by atoms with van der Waals surface area (Å²) in [5.74, 6) is -0.129. The topological polar surface area (TPSA) is 95.5 Å². The Morgan fingerprint density at radius 2 is 1.43 bits per heavy atom. The van der Waals surface area contributed by atoms with Gasteiger partial charge in [-0.3, -0.25) is 14.4 Å². The highest BCUT2D eigenvalue weighted by Crippen LogP contribution is 2.55. The van der Waals surface area contributed by atoms with Gasteiger partial charge in [-0.1, -0.05) is 47.5 Å². The molecule has 3 unspecified atom stereocenters. The quantitative estimate of drug-likeness (QED) is 0.418. The van der Waals surface area contributed by atoms with Crippen LogP contribution in [0.2, 0.25) is 0 Å². The second kappa shape index (κ2) is 10.0. The van der Waals surface area contributed by atoms with Crippen LogP contribution in [-0.4, -0.2) is 34.5 Å². The summed E-state index contributed by atoms with van der Waals surface area (Å²) in [7, 11) is 0. The summed E-state index contributed by atoms with van der Waals surface area (Å²) in [5, 5.41) is 16.7. The van der Waals surface area contributed by atoms with Gasteiger partial charge in [0.15, 0.2) is 0 Å². The van der Waals surface area contributed by atoms with Gasteiger partial charge in [-0.05, 0) is 92.8 Å². The number of carboxylic acid groups (broad SMARTS) is 1. The summed E-state index contributed by atoms with van der Waals surface area (Å²) in [6.07, 6.45) is 11.4. The van der Waals surface area contributed by atoms with Crippen molar-refractivity contribution < 1.29 is 19.5 Å². The fourth-order valence-corrected chi connectivity index (χ4v) is 8.47. The molecule has 0 aromatic rings. The predicted molar refractivity (Wildman–Crippen MR) is 136 cm³/mol. The first-order valence-corrected chi connectivity index (χ1v) is 14.2. The molecule has 5 fully saturated rings. The number of carbonyl (C=O) groups is 3. The van der Waals surface area contributed by atoms with Crippen LogP contribution in [0.4, 0.5) is 0 Å². The van der Waals surface area contributed by atoms with Gasteiger partial charge in [0, 0.05) is 5.54 Å². The fourth-order valence-electron chi connectivity index (χ4n) is 8.47. The summed E-state index contributed by atoms with van der Waals surface area (Å²) in [5.41, 5.74) is -0.596. The lowest BCUT2D eigenvalue weighted by Gasteiger charge is -2.57. The highest BCUT2D eigenvalue weighted by atomic mass is 16.4. The number of hydrogen-bond donors (Lipinski definition) is 3. The van der Waals surface area contributed by atoms with Crippen LogP contribution in [-0.2, 0) is 14.4 Å². The van der Waals surface area contributed by atoms with Crippen LogP contribution in [0.1, 0.15) is 105 Å². The maximum atomic E-state index is 13.8. The molecule has 0 spiro atoms. The van der Waals surface area contributed by atoms with Crippen molar-refractivity contribution in [2.75, 3.05) is 0 Å². The largest absolute Gasteiger partial charge is 0.481 e. The maximum Gasteiger partial charge on any atom is 0.307 e. The second-order valence-corrected chi connectivity index (χ2v) is 14.1. The zero-order valence-corrected chi connectivity index (χ0v) is 22.6. The normalized spacial score (nSPS) is 32.9. The summed E-state index contributed by atoms with van der Waals surface area (Å²) >= 11 is 0. The van der Waals surface area contributed by atoms with Crippen LogP contribution in [0.3, 0.4) is 0 Å². The molecule has 0 aliphatic heterocycles. The minimum atomic E-state index is -0.872. The van der Waals surface area contributed by atoms with Crippen LogP contribution in [0.15, 0.2) is 0 Å². The SMILES string of the molecule is CC(C)CC(C(=O)NC(C(=O)NC12CC3CC(CC(C3)C1)C2)C(C)(C)C)C(C(=O)O)C1CCCC1. The lowest BCUT2D eigenvalue weighted by Crippen LogP contribution is -2.64. The number of carbonyl (C=O) groups excluding carboxylic acids is 2. The Bertz CT molecular complexity index is 773. The maximum absolute atomic E-state index is 13.8. The molecule has 2 amide bonds. The molecule has 3 atom stereocenters. The Kier molecular flexibility index (Phi) is 7.60. The van der Waals surface area contributed by atoms with Crippen molar-refractivity contribution in [3.8, 4) is 0 Å². The number of amides is 2. The molecule has 5 aliphatic carbocycles. The molecular weight excluding hydrogens is 440 g/mol. The van der Waals surface area contributed by atoms with Gasteiger partial charge >= 0.3 is 5.97 Å². The van der Waals surface area contributed by atoms with E-state index in [-0.39, 0.29) is 29.2 Å². The Hall–Kier alpha value is -1.59. The minimum absolute atomic E-state index is 0.0379. The average molecular weight is 489 g/mol. The standard InChI is InChI=1S/C29H48N2O4/c1-17(2)10-22(23(27(34)35)21-8-6-7-9-21)25(32)30-24(28(3,4)5)26(33)31-29-14-18-11-19(15-29)13-20(12-18)16-29/h17-24H,6-16H2,1-5H3,(H,30,32)(H,31,33)(H,34,35). The molecule has 0 heterocycles. The number of aliphatic carboxylic acids is 1. The molecule has 35 heavy (non-hydrogen) atoms. The van der Waals surface area contributed by atoms with E-state index in [1.54, 1.807) is 0 Å². The van der Waals surface area contributed by atoms with Gasteiger partial charge < -0.3 is 15.7 Å². The van der Waals surface area contributed by atoms with E-state index in [2.05, 4.69) is 10.6 Å². The van der Waals surface area contributed by atoms with Crippen molar-refractivity contribution in [2.45, 2.75) is 117 Å². The molecule has 6 heteroatoms. The fraction of sp³-hybridized carbons (Fsp3) is 0.897. The van der Waals surface area contributed by atoms with E-state index in [0.717, 1.165) is 62.7 Å². The average Bonchev–Trinajstić information content (AvgIpc) is 3.22. The van der Waals surface area contributed by atoms with Crippen molar-refractivity contribution in [3.05, 3.63) is 0 Å². The molecule has 4 bridgehead atoms. The van der Waals surface area contributed by atoms with Gasteiger partial charge in [-0.2, -0.15) is 0 Å². The minimum Gasteiger partial charge on any atom is -0.481 e. The number of carboxylic acids is 1. The first kappa shape index (κ1) is 26.5. The molecule has 5 saturated carbocycles. The molecule has 6 nitrogen and oxygen atoms in total. The van der Waals surface area contributed by atoms with E-state index >= 15 is 0 Å². The predicted octanol–water partition coefficient (Wildman–Crippen LogP) is 5.16. The zero-order valence-electron chi connectivity index (χ0n) is 22.6. The number of hydrogen-bond acceptors (Lipinski definition) is 3. The van der Waals surface area contributed by atoms with Gasteiger partial charge in [-0.25, -0.2) is 0 Å². The Morgan fingerprint density at radius 3 is 1.86 bits per heavy atom. The van der Waals surface area contributed by atoms with Crippen molar-refractivity contribution >= 4 is 17.8 Å². The molecule has 5 aliphatic rings. The van der Waals surface area contributed by atoms with E-state index < -0.39 is 29.3 Å². The molecule has 5 rings (SSSR count). The first-order valence-electron chi connectivity index (χ1n) is 14.2. The van der Waals surface area contributed by atoms with Gasteiger partial charge in [0.25, 0.3) is 0 Å². The molecule has 0 aromatic heterocycles. The molecular formula is C29H48N2O4. The van der Waals surface area contributed by atoms with E-state index in [4.69, 9.17) is 0 Å². The molecule has 198 valence electrons. The third-order valence-electron chi connectivity index (χ3n) is 9.53. The van der Waals surface area contributed by atoms with E-state index in [9.17, 15) is 19.5 Å². The van der Waals surface area contributed by atoms with Gasteiger partial charge in [0.1, 0.15) is 6.04 Å². The molecule has 3 N–H and O–H groups in total. The second-order valence-electron chi connectivity index (χ2n) is 14.1. The van der Waals surface area contributed by atoms with Gasteiger partial charge in [-0.15, -0.1) is 0 Å². The molecule has 0 aromatic carbocycles. The number of rotatable bonds is 9. The summed E-state index contributed by atoms with van der Waals surface area (Å²) in [6.45, 7) is 10.0. The lowest BCUT2D eigenvalue weighted by atomic mass is 9.53. The Balaban J connectivity index is 1.52. The Morgan fingerprint density at radius 1 is 0.914 bits per heavy atom. The summed E-state index contributed by atoms with van der Waals surface area (Å²) < 4.78 is 0. The van der Waals surface area contributed by atoms with Crippen LogP contribution < -0.4 is 10.6 Å². The van der Waals surface area contributed by atoms with E-state index in [0.29, 0.717) is 6.42 Å². The molecule has 0 saturated heterocycles. The highest BCUT2D eigenvalue weighted by Gasteiger charge is 2.52. The zero-order chi connectivity index (χ0) is 25.5. The highest BCUT2D eigenvalue weighted by molar-refractivity contribution is 5.91. The number of nitrogens with one attached hydrogen (secondary N) is 2. The van der Waals surface area contributed by atoms with Crippen LogP contribution in [0.5, 0.6) is 0 Å². The van der Waals surface area contributed by atoms with Crippen molar-refractivity contribution in [3.63, 3.8) is 0 Å². The van der Waals surface area contributed by atoms with E-state index in [1.807, 2.05) is 34.6 Å². The third kappa shape index (κ3) is 5.88. The summed E-state index contributed by atoms with van der Waals surface area (Å²) in [4.78, 5) is 39.9. The van der Waals surface area contributed by atoms with Crippen LogP contribution in [0, 0.1) is 46.8 Å². The smallest absolute Gasteiger partial charge is 0.307 e. The van der Waals surface area contributed by atoms with Crippen molar-refractivity contribution in [1.82, 2.24) is 10.6 Å². The van der Waals surface area contributed by atoms with Crippen molar-refractivity contribution in [1.29, 1.82) is 0 Å². The first-order chi connectivity index (χ1) is 16.4. The van der Waals surface area contributed by atoms with Gasteiger partial charge in [0.05, 0.1) is 11.8 Å². The monoisotopic (exact) mass is 488 g/mol. The third-order valence-corrected chi connectivity index (χ3v) is 9.53. The molecule has 0 radical (unpaired) electrons. The van der Waals surface area contributed by atoms with Crippen LogP contribution >= 0.6 is 0 Å². The van der Waals surface area contributed by atoms with Crippen molar-refractivity contribution in [2.24, 2.45) is 46.8 Å². The van der Waals surface area contributed by atoms with Crippen LogP contribution in [0.25, 0.3) is 0 Å².